The van der Waals surface area contributed by atoms with Crippen LogP contribution in [0.15, 0.2) is 39.6 Å². The van der Waals surface area contributed by atoms with E-state index in [4.69, 9.17) is 4.42 Å². The number of nitrogens with zero attached hydrogens (tertiary/aromatic N) is 3. The molecule has 0 saturated carbocycles. The minimum absolute atomic E-state index is 0.0432. The standard InChI is InChI=1S/C18H21N3O3S2/c22-16-13-26-18(14-3-11-25-12-14)21(16)9-6-19-4-7-20(8-5-19)17(23)15-2-1-10-24-15/h1-3,10-12,18H,4-9,13H2. The maximum atomic E-state index is 12.3. The fraction of sp³-hybridized carbons (Fsp3) is 0.444. The molecule has 2 aliphatic heterocycles. The second-order valence-corrected chi connectivity index (χ2v) is 8.27. The number of rotatable bonds is 5. The zero-order valence-corrected chi connectivity index (χ0v) is 16.0. The van der Waals surface area contributed by atoms with E-state index in [2.05, 4.69) is 21.7 Å². The highest BCUT2D eigenvalue weighted by atomic mass is 32.2. The molecule has 2 amide bonds. The summed E-state index contributed by atoms with van der Waals surface area (Å²) in [6.45, 7) is 4.61. The topological polar surface area (TPSA) is 57.0 Å². The van der Waals surface area contributed by atoms with E-state index in [0.717, 1.165) is 26.2 Å². The van der Waals surface area contributed by atoms with Gasteiger partial charge in [0.2, 0.25) is 5.91 Å². The Bertz CT molecular complexity index is 740. The number of amides is 2. The van der Waals surface area contributed by atoms with Crippen molar-refractivity contribution >= 4 is 34.9 Å². The van der Waals surface area contributed by atoms with Gasteiger partial charge in [0.05, 0.1) is 12.0 Å². The Morgan fingerprint density at radius 2 is 2.04 bits per heavy atom. The van der Waals surface area contributed by atoms with Crippen LogP contribution in [0.5, 0.6) is 0 Å². The van der Waals surface area contributed by atoms with Crippen LogP contribution >= 0.6 is 23.1 Å². The summed E-state index contributed by atoms with van der Waals surface area (Å²) in [6, 6.07) is 5.54. The number of furan rings is 1. The van der Waals surface area contributed by atoms with E-state index in [0.29, 0.717) is 24.6 Å². The van der Waals surface area contributed by atoms with Gasteiger partial charge in [-0.25, -0.2) is 0 Å². The molecule has 2 aliphatic rings. The van der Waals surface area contributed by atoms with Crippen LogP contribution in [0.25, 0.3) is 0 Å². The van der Waals surface area contributed by atoms with Gasteiger partial charge in [0.25, 0.3) is 5.91 Å². The first-order chi connectivity index (χ1) is 12.7. The zero-order valence-electron chi connectivity index (χ0n) is 14.4. The van der Waals surface area contributed by atoms with Crippen LogP contribution in [0.4, 0.5) is 0 Å². The predicted molar refractivity (Wildman–Crippen MR) is 102 cm³/mol. The van der Waals surface area contributed by atoms with Gasteiger partial charge in [-0.1, -0.05) is 0 Å². The summed E-state index contributed by atoms with van der Waals surface area (Å²) in [5.41, 5.74) is 1.22. The van der Waals surface area contributed by atoms with Crippen molar-refractivity contribution in [3.63, 3.8) is 0 Å². The highest BCUT2D eigenvalue weighted by molar-refractivity contribution is 8.00. The maximum absolute atomic E-state index is 12.3. The molecule has 0 spiro atoms. The van der Waals surface area contributed by atoms with Gasteiger partial charge in [-0.05, 0) is 34.5 Å². The van der Waals surface area contributed by atoms with Crippen LogP contribution in [0.2, 0.25) is 0 Å². The number of carbonyl (C=O) groups excluding carboxylic acids is 2. The SMILES string of the molecule is O=C(c1ccco1)N1CCN(CCN2C(=O)CSC2c2ccsc2)CC1. The lowest BCUT2D eigenvalue weighted by Crippen LogP contribution is -2.50. The molecular formula is C18H21N3O3S2. The van der Waals surface area contributed by atoms with Crippen molar-refractivity contribution < 1.29 is 14.0 Å². The van der Waals surface area contributed by atoms with Gasteiger partial charge in [0.1, 0.15) is 5.37 Å². The second-order valence-electron chi connectivity index (χ2n) is 6.42. The van der Waals surface area contributed by atoms with Gasteiger partial charge in [0, 0.05) is 39.3 Å². The lowest BCUT2D eigenvalue weighted by Gasteiger charge is -2.35. The Labute approximate surface area is 160 Å². The van der Waals surface area contributed by atoms with Crippen molar-refractivity contribution in [1.29, 1.82) is 0 Å². The van der Waals surface area contributed by atoms with Gasteiger partial charge in [-0.15, -0.1) is 11.8 Å². The predicted octanol–water partition coefficient (Wildman–Crippen LogP) is 2.37. The van der Waals surface area contributed by atoms with Crippen molar-refractivity contribution in [2.24, 2.45) is 0 Å². The Morgan fingerprint density at radius 1 is 1.19 bits per heavy atom. The van der Waals surface area contributed by atoms with E-state index in [1.54, 1.807) is 35.2 Å². The molecule has 0 aliphatic carbocycles. The molecule has 0 bridgehead atoms. The van der Waals surface area contributed by atoms with Gasteiger partial charge < -0.3 is 14.2 Å². The van der Waals surface area contributed by atoms with Gasteiger partial charge in [-0.3, -0.25) is 14.5 Å². The lowest BCUT2D eigenvalue weighted by atomic mass is 10.2. The first-order valence-corrected chi connectivity index (χ1v) is 10.7. The third kappa shape index (κ3) is 3.67. The number of hydrogen-bond acceptors (Lipinski definition) is 6. The number of thiophene rings is 1. The number of piperazine rings is 1. The molecule has 4 heterocycles. The Balaban J connectivity index is 1.28. The van der Waals surface area contributed by atoms with Crippen molar-refractivity contribution in [3.8, 4) is 0 Å². The number of hydrogen-bond donors (Lipinski definition) is 0. The summed E-state index contributed by atoms with van der Waals surface area (Å²) in [5.74, 6) is 1.14. The summed E-state index contributed by atoms with van der Waals surface area (Å²) in [4.78, 5) is 30.7. The number of thioether (sulfide) groups is 1. The van der Waals surface area contributed by atoms with E-state index in [-0.39, 0.29) is 17.2 Å². The molecule has 1 atom stereocenters. The molecule has 1 unspecified atom stereocenters. The van der Waals surface area contributed by atoms with Crippen LogP contribution in [0.3, 0.4) is 0 Å². The van der Waals surface area contributed by atoms with E-state index in [1.807, 2.05) is 9.80 Å². The van der Waals surface area contributed by atoms with Crippen LogP contribution in [-0.4, -0.2) is 71.5 Å². The Kier molecular flexibility index (Phi) is 5.33. The van der Waals surface area contributed by atoms with Crippen molar-refractivity contribution in [3.05, 3.63) is 46.5 Å². The summed E-state index contributed by atoms with van der Waals surface area (Å²) in [6.07, 6.45) is 1.53. The smallest absolute Gasteiger partial charge is 0.289 e. The summed E-state index contributed by atoms with van der Waals surface area (Å²) in [7, 11) is 0. The largest absolute Gasteiger partial charge is 0.459 e. The monoisotopic (exact) mass is 391 g/mol. The van der Waals surface area contributed by atoms with Crippen molar-refractivity contribution in [2.75, 3.05) is 45.0 Å². The van der Waals surface area contributed by atoms with Gasteiger partial charge >= 0.3 is 0 Å². The van der Waals surface area contributed by atoms with Crippen molar-refractivity contribution in [1.82, 2.24) is 14.7 Å². The first kappa shape index (κ1) is 17.6. The molecule has 26 heavy (non-hydrogen) atoms. The van der Waals surface area contributed by atoms with Crippen LogP contribution in [0.1, 0.15) is 21.5 Å². The van der Waals surface area contributed by atoms with E-state index in [9.17, 15) is 9.59 Å². The molecular weight excluding hydrogens is 370 g/mol. The molecule has 2 saturated heterocycles. The minimum Gasteiger partial charge on any atom is -0.459 e. The minimum atomic E-state index is -0.0432. The third-order valence-corrected chi connectivity index (χ3v) is 6.80. The van der Waals surface area contributed by atoms with Gasteiger partial charge in [-0.2, -0.15) is 11.3 Å². The summed E-state index contributed by atoms with van der Waals surface area (Å²) < 4.78 is 5.20. The third-order valence-electron chi connectivity index (χ3n) is 4.85. The zero-order chi connectivity index (χ0) is 17.9. The molecule has 0 N–H and O–H groups in total. The Morgan fingerprint density at radius 3 is 2.73 bits per heavy atom. The van der Waals surface area contributed by atoms with E-state index >= 15 is 0 Å². The van der Waals surface area contributed by atoms with Crippen LogP contribution in [0, 0.1) is 0 Å². The average Bonchev–Trinajstić information content (AvgIpc) is 3.42. The summed E-state index contributed by atoms with van der Waals surface area (Å²) >= 11 is 3.38. The van der Waals surface area contributed by atoms with Crippen LogP contribution in [-0.2, 0) is 4.79 Å². The normalized spacial score (nSPS) is 21.5. The molecule has 2 aromatic heterocycles. The molecule has 8 heteroatoms. The molecule has 4 rings (SSSR count). The molecule has 138 valence electrons. The van der Waals surface area contributed by atoms with Gasteiger partial charge in [0.15, 0.2) is 5.76 Å². The van der Waals surface area contributed by atoms with Crippen molar-refractivity contribution in [2.45, 2.75) is 5.37 Å². The average molecular weight is 392 g/mol. The first-order valence-electron chi connectivity index (χ1n) is 8.70. The fourth-order valence-corrected chi connectivity index (χ4v) is 5.34. The molecule has 2 fully saturated rings. The Hall–Kier alpha value is -1.77. The lowest BCUT2D eigenvalue weighted by molar-refractivity contribution is -0.128. The number of carbonyl (C=O) groups is 2. The highest BCUT2D eigenvalue weighted by Gasteiger charge is 2.33. The van der Waals surface area contributed by atoms with E-state index < -0.39 is 0 Å². The summed E-state index contributed by atoms with van der Waals surface area (Å²) in [5, 5.41) is 4.34. The van der Waals surface area contributed by atoms with E-state index in [1.165, 1.54) is 11.8 Å². The maximum Gasteiger partial charge on any atom is 0.289 e. The quantitative estimate of drug-likeness (QED) is 0.783. The molecule has 2 aromatic rings. The second kappa shape index (κ2) is 7.85. The molecule has 0 aromatic carbocycles. The molecule has 6 nitrogen and oxygen atoms in total. The van der Waals surface area contributed by atoms with Crippen LogP contribution < -0.4 is 0 Å². The fourth-order valence-electron chi connectivity index (χ4n) is 3.37. The molecule has 0 radical (unpaired) electrons. The highest BCUT2D eigenvalue weighted by Crippen LogP contribution is 2.39.